The molecule has 0 spiro atoms. The number of esters is 2. The van der Waals surface area contributed by atoms with Crippen LogP contribution >= 0.6 is 15.6 Å². The van der Waals surface area contributed by atoms with Crippen molar-refractivity contribution in [3.8, 4) is 0 Å². The van der Waals surface area contributed by atoms with Gasteiger partial charge < -0.3 is 45.1 Å². The highest BCUT2D eigenvalue weighted by Crippen LogP contribution is 2.60. The molecule has 0 amide bonds. The van der Waals surface area contributed by atoms with Crippen molar-refractivity contribution in [1.82, 2.24) is 9.55 Å². The normalized spacial score (nSPS) is 19.8. The van der Waals surface area contributed by atoms with Gasteiger partial charge in [0, 0.05) is 19.0 Å². The van der Waals surface area contributed by atoms with E-state index in [0.717, 1.165) is 94.2 Å². The number of nitrogens with zero attached hydrogens (tertiary/aromatic N) is 2. The van der Waals surface area contributed by atoms with Crippen molar-refractivity contribution >= 4 is 33.4 Å². The quantitative estimate of drug-likeness (QED) is 0.0116. The summed E-state index contributed by atoms with van der Waals surface area (Å²) < 4.78 is 56.7. The molecular weight excluding hydrogens is 1040 g/mol. The highest BCUT2D eigenvalue weighted by molar-refractivity contribution is 7.61. The number of nitrogens with two attached hydrogens (primary N) is 1. The predicted octanol–water partition coefficient (Wildman–Crippen LogP) is 11.1. The zero-order valence-electron chi connectivity index (χ0n) is 45.8. The lowest BCUT2D eigenvalue weighted by Crippen LogP contribution is -2.36. The van der Waals surface area contributed by atoms with Gasteiger partial charge in [-0.1, -0.05) is 168 Å². The Bertz CT molecular complexity index is 2260. The van der Waals surface area contributed by atoms with Crippen LogP contribution in [0, 0.1) is 0 Å². The molecule has 1 aromatic heterocycles. The Morgan fingerprint density at radius 1 is 0.692 bits per heavy atom. The van der Waals surface area contributed by atoms with Gasteiger partial charge in [-0.05, 0) is 89.5 Å². The summed E-state index contributed by atoms with van der Waals surface area (Å²) in [5.74, 6) is -1.51. The second kappa shape index (κ2) is 43.2. The molecule has 7 N–H and O–H groups in total. The molecule has 0 aliphatic carbocycles. The highest BCUT2D eigenvalue weighted by atomic mass is 31.3. The number of rotatable bonds is 44. The van der Waals surface area contributed by atoms with Crippen LogP contribution in [0.5, 0.6) is 0 Å². The zero-order chi connectivity index (χ0) is 57.1. The summed E-state index contributed by atoms with van der Waals surface area (Å²) in [5.41, 5.74) is 4.58. The summed E-state index contributed by atoms with van der Waals surface area (Å²) in [5, 5.41) is 31.2. The molecule has 0 aromatic carbocycles. The van der Waals surface area contributed by atoms with Crippen molar-refractivity contribution in [3.63, 3.8) is 0 Å². The lowest BCUT2D eigenvalue weighted by Gasteiger charge is -2.21. The van der Waals surface area contributed by atoms with E-state index >= 15 is 0 Å². The van der Waals surface area contributed by atoms with Crippen LogP contribution in [-0.2, 0) is 46.3 Å². The molecule has 438 valence electrons. The fourth-order valence-electron chi connectivity index (χ4n) is 7.43. The molecule has 1 aliphatic heterocycles. The summed E-state index contributed by atoms with van der Waals surface area (Å²) in [6.07, 6.45) is 47.5. The summed E-state index contributed by atoms with van der Waals surface area (Å²) in [4.78, 5) is 62.1. The third kappa shape index (κ3) is 35.1. The minimum Gasteiger partial charge on any atom is -0.462 e. The minimum absolute atomic E-state index is 0.00812. The Balaban J connectivity index is 1.84. The van der Waals surface area contributed by atoms with Crippen LogP contribution in [0.3, 0.4) is 0 Å². The van der Waals surface area contributed by atoms with Crippen LogP contribution in [-0.4, -0.2) is 96.9 Å². The number of nitrogen functional groups attached to an aromatic ring is 1. The third-order valence-corrected chi connectivity index (χ3v) is 14.3. The lowest BCUT2D eigenvalue weighted by molar-refractivity contribution is -0.161. The van der Waals surface area contributed by atoms with Gasteiger partial charge in [-0.15, -0.1) is 0 Å². The van der Waals surface area contributed by atoms with Crippen molar-refractivity contribution < 1.29 is 71.4 Å². The van der Waals surface area contributed by atoms with Gasteiger partial charge in [-0.3, -0.25) is 23.2 Å². The van der Waals surface area contributed by atoms with Gasteiger partial charge in [-0.2, -0.15) is 9.29 Å². The number of phosphoric ester groups is 2. The predicted molar refractivity (Wildman–Crippen MR) is 304 cm³/mol. The molecule has 0 bridgehead atoms. The lowest BCUT2D eigenvalue weighted by atomic mass is 10.1. The Hall–Kier alpha value is -4.62. The van der Waals surface area contributed by atoms with E-state index in [-0.39, 0.29) is 25.1 Å². The van der Waals surface area contributed by atoms with Gasteiger partial charge in [-0.25, -0.2) is 13.9 Å². The highest BCUT2D eigenvalue weighted by Gasteiger charge is 2.46. The van der Waals surface area contributed by atoms with Crippen molar-refractivity contribution in [1.29, 1.82) is 0 Å². The standard InChI is InChI=1S/C57H89N3O16P2/c1-3-5-7-9-11-13-15-17-18-19-20-21-22-23-25-27-29-31-33-37-42-53(63)74-49(45-71-52(62)41-38-34-36-40-48(61)39-35-32-30-28-26-24-16-14-12-10-8-6-4-2)46-72-77(67,68)76-78(69,70)73-47-50-54(64)55(65)56(75-50)60-44-43-51(58)59-57(60)66/h6,8,12-15,18-19,21-22,24,26,30,32,34-36,39,43-44,48-50,54-56,61,64-65H,3-5,7,9-11,16-17,20,23,25,27-29,31,33,37-38,40-42,45-47H2,1-2H3,(H,67,68)(H,69,70)(H2,58,59,66)/b8-6-,14-12-,15-13-,19-18-,22-21-,26-24-,32-30-,36-34-,39-35-/t48?,49-,50-,54-,55-,56-/m1/s1. The van der Waals surface area contributed by atoms with Gasteiger partial charge >= 0.3 is 33.3 Å². The number of anilines is 1. The number of phosphoric acid groups is 2. The maximum Gasteiger partial charge on any atom is 0.481 e. The van der Waals surface area contributed by atoms with Gasteiger partial charge in [0.25, 0.3) is 0 Å². The van der Waals surface area contributed by atoms with Gasteiger partial charge in [0.15, 0.2) is 12.3 Å². The Morgan fingerprint density at radius 3 is 1.88 bits per heavy atom. The number of carbonyl (C=O) groups excluding carboxylic acids is 2. The van der Waals surface area contributed by atoms with E-state index in [2.05, 4.69) is 96.1 Å². The monoisotopic (exact) mass is 1130 g/mol. The molecule has 1 fully saturated rings. The van der Waals surface area contributed by atoms with Crippen molar-refractivity contribution in [2.45, 2.75) is 192 Å². The first-order chi connectivity index (χ1) is 37.6. The van der Waals surface area contributed by atoms with Crippen LogP contribution < -0.4 is 11.4 Å². The van der Waals surface area contributed by atoms with Gasteiger partial charge in [0.05, 0.1) is 19.3 Å². The minimum atomic E-state index is -5.47. The van der Waals surface area contributed by atoms with E-state index in [1.54, 1.807) is 24.3 Å². The number of aliphatic hydroxyl groups is 3. The van der Waals surface area contributed by atoms with E-state index in [4.69, 9.17) is 29.0 Å². The number of ether oxygens (including phenoxy) is 3. The number of hydrogen-bond acceptors (Lipinski definition) is 16. The number of aliphatic hydroxyl groups excluding tert-OH is 3. The van der Waals surface area contributed by atoms with Gasteiger partial charge in [0.2, 0.25) is 0 Å². The Labute approximate surface area is 462 Å². The molecule has 8 atom stereocenters. The number of hydrogen-bond donors (Lipinski definition) is 6. The molecule has 0 radical (unpaired) electrons. The van der Waals surface area contributed by atoms with E-state index in [1.807, 2.05) is 12.2 Å². The van der Waals surface area contributed by atoms with Crippen LogP contribution in [0.2, 0.25) is 0 Å². The molecule has 0 saturated carbocycles. The molecular formula is C57H89N3O16P2. The molecule has 1 aliphatic rings. The average Bonchev–Trinajstić information content (AvgIpc) is 3.72. The largest absolute Gasteiger partial charge is 0.481 e. The summed E-state index contributed by atoms with van der Waals surface area (Å²) >= 11 is 0. The Morgan fingerprint density at radius 2 is 1.26 bits per heavy atom. The number of allylic oxidation sites excluding steroid dienone is 16. The van der Waals surface area contributed by atoms with E-state index in [1.165, 1.54) is 31.7 Å². The van der Waals surface area contributed by atoms with E-state index in [0.29, 0.717) is 12.8 Å². The first-order valence-electron chi connectivity index (χ1n) is 27.5. The average molecular weight is 1130 g/mol. The first-order valence-corrected chi connectivity index (χ1v) is 30.5. The molecule has 1 saturated heterocycles. The fourth-order valence-corrected chi connectivity index (χ4v) is 9.54. The molecule has 19 nitrogen and oxygen atoms in total. The SMILES string of the molecule is CC/C=C\C/C=C\C/C=C\C/C=C\C=C/C(O)C/C=C\CCC(=O)OC[C@H](COP(=O)(O)OP(=O)(O)OC[C@H]1O[C@@H](n2ccc(N)nc2=O)[C@H](O)[C@@H]1O)OC(=O)CCCCCCCC/C=C\C/C=C\C/C=C\CCCCCC. The molecule has 2 rings (SSSR count). The maximum atomic E-state index is 12.9. The molecule has 78 heavy (non-hydrogen) atoms. The first kappa shape index (κ1) is 69.5. The molecule has 21 heteroatoms. The summed E-state index contributed by atoms with van der Waals surface area (Å²) in [6.45, 7) is 1.84. The van der Waals surface area contributed by atoms with E-state index < -0.39 is 89.8 Å². The number of unbranched alkanes of at least 4 members (excludes halogenated alkanes) is 10. The summed E-state index contributed by atoms with van der Waals surface area (Å²) in [6, 6.07) is 1.24. The van der Waals surface area contributed by atoms with Crippen molar-refractivity contribution in [3.05, 3.63) is 132 Å². The van der Waals surface area contributed by atoms with Crippen molar-refractivity contribution in [2.75, 3.05) is 25.6 Å². The third-order valence-electron chi connectivity index (χ3n) is 11.7. The van der Waals surface area contributed by atoms with Gasteiger partial charge in [0.1, 0.15) is 30.7 Å². The van der Waals surface area contributed by atoms with Crippen LogP contribution in [0.15, 0.2) is 126 Å². The smallest absolute Gasteiger partial charge is 0.462 e. The fraction of sp³-hybridized carbons (Fsp3) is 0.579. The second-order valence-electron chi connectivity index (χ2n) is 18.5. The topological polar surface area (TPSA) is 286 Å². The molecule has 1 aromatic rings. The zero-order valence-corrected chi connectivity index (χ0v) is 47.6. The van der Waals surface area contributed by atoms with Crippen LogP contribution in [0.4, 0.5) is 5.82 Å². The number of carbonyl (C=O) groups is 2. The van der Waals surface area contributed by atoms with Crippen molar-refractivity contribution in [2.24, 2.45) is 0 Å². The maximum absolute atomic E-state index is 12.9. The molecule has 3 unspecified atom stereocenters. The van der Waals surface area contributed by atoms with Crippen LogP contribution in [0.1, 0.15) is 161 Å². The Kier molecular flexibility index (Phi) is 38.5. The molecule has 2 heterocycles. The van der Waals surface area contributed by atoms with Crippen LogP contribution in [0.25, 0.3) is 0 Å². The van der Waals surface area contributed by atoms with E-state index in [9.17, 15) is 48.6 Å². The number of aromatic nitrogens is 2. The summed E-state index contributed by atoms with van der Waals surface area (Å²) in [7, 11) is -10.9. The second-order valence-corrected chi connectivity index (χ2v) is 21.6.